The molecule has 0 aliphatic carbocycles. The van der Waals surface area contributed by atoms with Gasteiger partial charge in [-0.1, -0.05) is 88.6 Å². The van der Waals surface area contributed by atoms with E-state index in [0.717, 1.165) is 32.2 Å². The minimum Gasteiger partial charge on any atom is -0.475 e. The van der Waals surface area contributed by atoms with E-state index in [1.54, 1.807) is 0 Å². The third kappa shape index (κ3) is 23.5. The van der Waals surface area contributed by atoms with E-state index in [4.69, 9.17) is 31.3 Å². The van der Waals surface area contributed by atoms with Crippen molar-refractivity contribution in [3.63, 3.8) is 0 Å². The SMILES string of the molecule is CCCCCCCCCCN(Cc1ccccc1)C(=O)[C@@H](N)CCCCN.O=C(O)C(F)(F)F.O=C(O)C(F)(F)F. The number of nitrogens with two attached hydrogens (primary N) is 2. The quantitative estimate of drug-likeness (QED) is 0.136. The topological polar surface area (TPSA) is 147 Å². The van der Waals surface area contributed by atoms with Crippen LogP contribution in [0.1, 0.15) is 83.1 Å². The molecule has 238 valence electrons. The number of carbonyl (C=O) groups is 3. The summed E-state index contributed by atoms with van der Waals surface area (Å²) in [6, 6.07) is 9.80. The Bertz CT molecular complexity index is 815. The third-order valence-electron chi connectivity index (χ3n) is 5.58. The number of alkyl halides is 6. The molecular formula is C27H43F6N3O5. The molecule has 0 aromatic heterocycles. The van der Waals surface area contributed by atoms with E-state index >= 15 is 0 Å². The number of carboxylic acid groups (broad SMARTS) is 2. The Morgan fingerprint density at radius 2 is 1.22 bits per heavy atom. The fourth-order valence-corrected chi connectivity index (χ4v) is 3.37. The fourth-order valence-electron chi connectivity index (χ4n) is 3.37. The molecule has 0 spiro atoms. The van der Waals surface area contributed by atoms with Crippen LogP contribution in [0.2, 0.25) is 0 Å². The highest BCUT2D eigenvalue weighted by atomic mass is 19.4. The Labute approximate surface area is 237 Å². The van der Waals surface area contributed by atoms with Crippen LogP contribution < -0.4 is 11.5 Å². The number of nitrogens with zero attached hydrogens (tertiary/aromatic N) is 1. The first-order valence-corrected chi connectivity index (χ1v) is 13.5. The minimum atomic E-state index is -5.08. The first-order valence-electron chi connectivity index (χ1n) is 13.5. The zero-order chi connectivity index (χ0) is 31.9. The summed E-state index contributed by atoms with van der Waals surface area (Å²) in [6.45, 7) is 4.36. The number of carbonyl (C=O) groups excluding carboxylic acids is 1. The third-order valence-corrected chi connectivity index (χ3v) is 5.58. The summed E-state index contributed by atoms with van der Waals surface area (Å²) in [5.41, 5.74) is 12.9. The van der Waals surface area contributed by atoms with Gasteiger partial charge < -0.3 is 26.6 Å². The first-order chi connectivity index (χ1) is 19.1. The zero-order valence-corrected chi connectivity index (χ0v) is 23.4. The lowest BCUT2D eigenvalue weighted by Gasteiger charge is -2.26. The van der Waals surface area contributed by atoms with Gasteiger partial charge in [-0.05, 0) is 31.4 Å². The van der Waals surface area contributed by atoms with Crippen molar-refractivity contribution in [2.75, 3.05) is 13.1 Å². The highest BCUT2D eigenvalue weighted by Gasteiger charge is 2.38. The Hall–Kier alpha value is -2.87. The van der Waals surface area contributed by atoms with Gasteiger partial charge in [0, 0.05) is 13.1 Å². The molecule has 0 aliphatic heterocycles. The number of carboxylic acids is 2. The van der Waals surface area contributed by atoms with Crippen LogP contribution in [0.4, 0.5) is 26.3 Å². The second-order valence-electron chi connectivity index (χ2n) is 9.22. The lowest BCUT2D eigenvalue weighted by atomic mass is 10.1. The Morgan fingerprint density at radius 3 is 1.63 bits per heavy atom. The molecule has 0 saturated carbocycles. The molecule has 8 nitrogen and oxygen atoms in total. The number of halogens is 6. The van der Waals surface area contributed by atoms with Gasteiger partial charge in [0.25, 0.3) is 0 Å². The van der Waals surface area contributed by atoms with Crippen molar-refractivity contribution in [1.29, 1.82) is 0 Å². The monoisotopic (exact) mass is 603 g/mol. The van der Waals surface area contributed by atoms with Crippen molar-refractivity contribution in [2.45, 2.75) is 102 Å². The summed E-state index contributed by atoms with van der Waals surface area (Å²) in [7, 11) is 0. The minimum absolute atomic E-state index is 0.0822. The fraction of sp³-hybridized carbons (Fsp3) is 0.667. The lowest BCUT2D eigenvalue weighted by Crippen LogP contribution is -2.43. The highest BCUT2D eigenvalue weighted by Crippen LogP contribution is 2.14. The summed E-state index contributed by atoms with van der Waals surface area (Å²) >= 11 is 0. The lowest BCUT2D eigenvalue weighted by molar-refractivity contribution is -0.193. The van der Waals surface area contributed by atoms with Crippen molar-refractivity contribution in [1.82, 2.24) is 4.90 Å². The van der Waals surface area contributed by atoms with Crippen molar-refractivity contribution in [3.8, 4) is 0 Å². The zero-order valence-electron chi connectivity index (χ0n) is 23.4. The van der Waals surface area contributed by atoms with Gasteiger partial charge in [-0.2, -0.15) is 26.3 Å². The summed E-state index contributed by atoms with van der Waals surface area (Å²) in [5, 5.41) is 14.2. The second-order valence-corrected chi connectivity index (χ2v) is 9.22. The maximum absolute atomic E-state index is 12.8. The van der Waals surface area contributed by atoms with Crippen LogP contribution in [0.3, 0.4) is 0 Å². The molecule has 6 N–H and O–H groups in total. The van der Waals surface area contributed by atoms with Crippen LogP contribution in [-0.4, -0.2) is 64.4 Å². The van der Waals surface area contributed by atoms with Crippen LogP contribution in [0.25, 0.3) is 0 Å². The van der Waals surface area contributed by atoms with E-state index in [1.165, 1.54) is 50.5 Å². The summed E-state index contributed by atoms with van der Waals surface area (Å²) in [6.07, 6.45) is 2.55. The molecule has 0 fully saturated rings. The number of benzene rings is 1. The first kappa shape index (κ1) is 40.3. The second kappa shape index (κ2) is 22.8. The maximum atomic E-state index is 12.8. The average Bonchev–Trinajstić information content (AvgIpc) is 2.89. The van der Waals surface area contributed by atoms with Crippen LogP contribution in [0, 0.1) is 0 Å². The molecule has 41 heavy (non-hydrogen) atoms. The number of aliphatic carboxylic acids is 2. The molecule has 14 heteroatoms. The van der Waals surface area contributed by atoms with Crippen molar-refractivity contribution < 1.29 is 50.9 Å². The van der Waals surface area contributed by atoms with Crippen LogP contribution in [0.5, 0.6) is 0 Å². The molecule has 0 heterocycles. The van der Waals surface area contributed by atoms with Gasteiger partial charge in [0.1, 0.15) is 0 Å². The number of hydrogen-bond acceptors (Lipinski definition) is 5. The number of hydrogen-bond donors (Lipinski definition) is 4. The van der Waals surface area contributed by atoms with Crippen LogP contribution in [-0.2, 0) is 20.9 Å². The maximum Gasteiger partial charge on any atom is 0.490 e. The number of rotatable bonds is 16. The van der Waals surface area contributed by atoms with Gasteiger partial charge >= 0.3 is 24.3 Å². The smallest absolute Gasteiger partial charge is 0.475 e. The highest BCUT2D eigenvalue weighted by molar-refractivity contribution is 5.81. The van der Waals surface area contributed by atoms with E-state index < -0.39 is 30.3 Å². The molecule has 0 bridgehead atoms. The number of unbranched alkanes of at least 4 members (excludes halogenated alkanes) is 8. The predicted molar refractivity (Wildman–Crippen MR) is 143 cm³/mol. The van der Waals surface area contributed by atoms with E-state index in [-0.39, 0.29) is 5.91 Å². The molecule has 1 aromatic carbocycles. The normalized spacial score (nSPS) is 11.8. The molecule has 0 aliphatic rings. The van der Waals surface area contributed by atoms with Gasteiger partial charge in [-0.25, -0.2) is 9.59 Å². The van der Waals surface area contributed by atoms with Crippen molar-refractivity contribution in [2.24, 2.45) is 11.5 Å². The molecule has 0 unspecified atom stereocenters. The van der Waals surface area contributed by atoms with Crippen molar-refractivity contribution >= 4 is 17.8 Å². The van der Waals surface area contributed by atoms with E-state index in [1.807, 2.05) is 23.1 Å². The van der Waals surface area contributed by atoms with E-state index in [9.17, 15) is 31.1 Å². The molecule has 1 amide bonds. The summed E-state index contributed by atoms with van der Waals surface area (Å²) < 4.78 is 63.5. The summed E-state index contributed by atoms with van der Waals surface area (Å²) in [4.78, 5) is 32.6. The molecular weight excluding hydrogens is 560 g/mol. The van der Waals surface area contributed by atoms with E-state index in [2.05, 4.69) is 19.1 Å². The predicted octanol–water partition coefficient (Wildman–Crippen LogP) is 5.88. The van der Waals surface area contributed by atoms with Gasteiger partial charge in [0.05, 0.1) is 6.04 Å². The largest absolute Gasteiger partial charge is 0.490 e. The Morgan fingerprint density at radius 1 is 0.780 bits per heavy atom. The standard InChI is InChI=1S/C23H41N3O.2C2HF3O2/c1-2-3-4-5-6-7-8-14-19-26(20-21-15-10-9-11-16-21)23(27)22(25)17-12-13-18-24;2*3-2(4,5)1(6)7/h9-11,15-16,22H,2-8,12-14,17-20,24-25H2,1H3;2*(H,6,7)/t22-;;/m0../s1. The molecule has 1 rings (SSSR count). The van der Waals surface area contributed by atoms with Gasteiger partial charge in [0.2, 0.25) is 5.91 Å². The Balaban J connectivity index is 0. The Kier molecular flexibility index (Phi) is 22.4. The molecule has 1 aromatic rings. The van der Waals surface area contributed by atoms with Gasteiger partial charge in [-0.15, -0.1) is 0 Å². The van der Waals surface area contributed by atoms with E-state index in [0.29, 0.717) is 13.1 Å². The number of amides is 1. The molecule has 1 atom stereocenters. The molecule has 0 saturated heterocycles. The molecule has 0 radical (unpaired) electrons. The summed E-state index contributed by atoms with van der Waals surface area (Å²) in [5.74, 6) is -5.43. The average molecular weight is 604 g/mol. The van der Waals surface area contributed by atoms with Crippen LogP contribution >= 0.6 is 0 Å². The van der Waals surface area contributed by atoms with Gasteiger partial charge in [-0.3, -0.25) is 4.79 Å². The van der Waals surface area contributed by atoms with Gasteiger partial charge in [0.15, 0.2) is 0 Å². The van der Waals surface area contributed by atoms with Crippen molar-refractivity contribution in [3.05, 3.63) is 35.9 Å². The van der Waals surface area contributed by atoms with Crippen LogP contribution in [0.15, 0.2) is 30.3 Å².